The van der Waals surface area contributed by atoms with E-state index in [-0.39, 0.29) is 6.61 Å². The molecule has 2 nitrogen and oxygen atoms in total. The molecule has 0 heterocycles. The summed E-state index contributed by atoms with van der Waals surface area (Å²) in [6, 6.07) is 0. The Kier molecular flexibility index (Phi) is 3.22. The Morgan fingerprint density at radius 3 is 2.80 bits per heavy atom. The molecule has 0 aliphatic heterocycles. The highest BCUT2D eigenvalue weighted by Crippen LogP contribution is 2.30. The van der Waals surface area contributed by atoms with Gasteiger partial charge in [-0.05, 0) is 12.8 Å². The summed E-state index contributed by atoms with van der Waals surface area (Å²) in [7, 11) is 0. The minimum atomic E-state index is 0.183. The molecular weight excluding hydrogens is 148 g/mol. The molecule has 1 aliphatic carbocycles. The molecule has 3 heteroatoms. The molecule has 0 unspecified atom stereocenters. The van der Waals surface area contributed by atoms with E-state index in [0.29, 0.717) is 23.2 Å². The first-order chi connectivity index (χ1) is 4.84. The Balaban J connectivity index is 1.95. The van der Waals surface area contributed by atoms with E-state index in [0.717, 1.165) is 12.8 Å². The predicted molar refractivity (Wildman–Crippen MR) is 42.1 cm³/mol. The standard InChI is InChI=1S/C7H12O2S/c8-3-4-10-5-7(9)6-1-2-6/h6,8H,1-5H2. The SMILES string of the molecule is O=C(CSCCO)C1CC1. The first kappa shape index (κ1) is 8.08. The van der Waals surface area contributed by atoms with E-state index in [1.807, 2.05) is 0 Å². The van der Waals surface area contributed by atoms with Gasteiger partial charge >= 0.3 is 0 Å². The minimum absolute atomic E-state index is 0.183. The van der Waals surface area contributed by atoms with Gasteiger partial charge in [-0.2, -0.15) is 11.8 Å². The lowest BCUT2D eigenvalue weighted by Gasteiger charge is -1.95. The summed E-state index contributed by atoms with van der Waals surface area (Å²) < 4.78 is 0. The van der Waals surface area contributed by atoms with E-state index in [1.54, 1.807) is 0 Å². The van der Waals surface area contributed by atoms with Gasteiger partial charge < -0.3 is 5.11 Å². The number of thioether (sulfide) groups is 1. The van der Waals surface area contributed by atoms with E-state index >= 15 is 0 Å². The molecule has 0 bridgehead atoms. The van der Waals surface area contributed by atoms with Crippen molar-refractivity contribution in [1.82, 2.24) is 0 Å². The van der Waals surface area contributed by atoms with Gasteiger partial charge in [0.15, 0.2) is 0 Å². The van der Waals surface area contributed by atoms with Crippen LogP contribution in [0.15, 0.2) is 0 Å². The van der Waals surface area contributed by atoms with Crippen LogP contribution in [0.5, 0.6) is 0 Å². The lowest BCUT2D eigenvalue weighted by Crippen LogP contribution is -2.04. The third kappa shape index (κ3) is 2.71. The zero-order valence-corrected chi connectivity index (χ0v) is 6.69. The van der Waals surface area contributed by atoms with E-state index in [4.69, 9.17) is 5.11 Å². The largest absolute Gasteiger partial charge is 0.396 e. The molecule has 0 amide bonds. The highest BCUT2D eigenvalue weighted by atomic mass is 32.2. The Labute approximate surface area is 65.0 Å². The van der Waals surface area contributed by atoms with E-state index < -0.39 is 0 Å². The van der Waals surface area contributed by atoms with Gasteiger partial charge in [0, 0.05) is 11.7 Å². The number of rotatable bonds is 5. The summed E-state index contributed by atoms with van der Waals surface area (Å²) in [6.07, 6.45) is 2.19. The van der Waals surface area contributed by atoms with Crippen LogP contribution < -0.4 is 0 Å². The molecule has 0 aromatic carbocycles. The number of aliphatic hydroxyl groups excluding tert-OH is 1. The van der Waals surface area contributed by atoms with Crippen molar-refractivity contribution in [2.45, 2.75) is 12.8 Å². The molecule has 58 valence electrons. The van der Waals surface area contributed by atoms with Crippen LogP contribution in [0.3, 0.4) is 0 Å². The van der Waals surface area contributed by atoms with Gasteiger partial charge in [0.2, 0.25) is 0 Å². The smallest absolute Gasteiger partial charge is 0.145 e. The molecule has 1 saturated carbocycles. The van der Waals surface area contributed by atoms with Crippen LogP contribution in [0, 0.1) is 5.92 Å². The number of carbonyl (C=O) groups is 1. The maximum atomic E-state index is 11.0. The number of carbonyl (C=O) groups excluding carboxylic acids is 1. The van der Waals surface area contributed by atoms with Crippen molar-refractivity contribution in [2.24, 2.45) is 5.92 Å². The van der Waals surface area contributed by atoms with Gasteiger partial charge in [-0.25, -0.2) is 0 Å². The number of Topliss-reactive ketones (excluding diaryl/α,β-unsaturated/α-hetero) is 1. The Morgan fingerprint density at radius 2 is 2.30 bits per heavy atom. The lowest BCUT2D eigenvalue weighted by molar-refractivity contribution is -0.117. The normalized spacial score (nSPS) is 17.3. The maximum Gasteiger partial charge on any atom is 0.145 e. The zero-order valence-electron chi connectivity index (χ0n) is 5.88. The van der Waals surface area contributed by atoms with Crippen LogP contribution in [0.25, 0.3) is 0 Å². The van der Waals surface area contributed by atoms with E-state index in [9.17, 15) is 4.79 Å². The first-order valence-corrected chi connectivity index (χ1v) is 4.71. The number of ketones is 1. The third-order valence-corrected chi connectivity index (χ3v) is 2.47. The fourth-order valence-electron chi connectivity index (χ4n) is 0.760. The molecule has 0 atom stereocenters. The molecule has 1 fully saturated rings. The lowest BCUT2D eigenvalue weighted by atomic mass is 10.3. The summed E-state index contributed by atoms with van der Waals surface area (Å²) in [5.74, 6) is 2.05. The van der Waals surface area contributed by atoms with Gasteiger partial charge in [-0.15, -0.1) is 0 Å². The minimum Gasteiger partial charge on any atom is -0.396 e. The van der Waals surface area contributed by atoms with Crippen molar-refractivity contribution in [1.29, 1.82) is 0 Å². The topological polar surface area (TPSA) is 37.3 Å². The molecule has 0 aromatic heterocycles. The number of hydrogen-bond acceptors (Lipinski definition) is 3. The second kappa shape index (κ2) is 3.98. The molecule has 0 aromatic rings. The Hall–Kier alpha value is -0.0200. The molecule has 1 rings (SSSR count). The second-order valence-electron chi connectivity index (χ2n) is 2.52. The van der Waals surface area contributed by atoms with Crippen LogP contribution in [0.4, 0.5) is 0 Å². The zero-order chi connectivity index (χ0) is 7.40. The first-order valence-electron chi connectivity index (χ1n) is 3.56. The van der Waals surface area contributed by atoms with Gasteiger partial charge in [0.05, 0.1) is 12.4 Å². The van der Waals surface area contributed by atoms with E-state index in [1.165, 1.54) is 11.8 Å². The number of hydrogen-bond donors (Lipinski definition) is 1. The molecule has 0 radical (unpaired) electrons. The van der Waals surface area contributed by atoms with Crippen molar-refractivity contribution in [3.05, 3.63) is 0 Å². The molecule has 1 aliphatic rings. The fourth-order valence-corrected chi connectivity index (χ4v) is 1.47. The van der Waals surface area contributed by atoms with Gasteiger partial charge in [0.25, 0.3) is 0 Å². The van der Waals surface area contributed by atoms with Crippen LogP contribution >= 0.6 is 11.8 Å². The predicted octanol–water partition coefficient (Wildman–Crippen LogP) is 0.691. The van der Waals surface area contributed by atoms with Crippen molar-refractivity contribution in [3.63, 3.8) is 0 Å². The maximum absolute atomic E-state index is 11.0. The van der Waals surface area contributed by atoms with Crippen molar-refractivity contribution in [3.8, 4) is 0 Å². The summed E-state index contributed by atoms with van der Waals surface area (Å²) in [6.45, 7) is 0.183. The summed E-state index contributed by atoms with van der Waals surface area (Å²) in [5, 5.41) is 8.40. The summed E-state index contributed by atoms with van der Waals surface area (Å²) in [5.41, 5.74) is 0. The van der Waals surface area contributed by atoms with Crippen LogP contribution in [0.2, 0.25) is 0 Å². The Bertz CT molecular complexity index is 121. The monoisotopic (exact) mass is 160 g/mol. The third-order valence-electron chi connectivity index (χ3n) is 1.51. The highest BCUT2D eigenvalue weighted by Gasteiger charge is 2.28. The number of aliphatic hydroxyl groups is 1. The van der Waals surface area contributed by atoms with Crippen molar-refractivity contribution in [2.75, 3.05) is 18.1 Å². The Morgan fingerprint density at radius 1 is 1.60 bits per heavy atom. The molecule has 0 saturated heterocycles. The summed E-state index contributed by atoms with van der Waals surface area (Å²) in [4.78, 5) is 11.0. The van der Waals surface area contributed by atoms with Crippen LogP contribution in [0.1, 0.15) is 12.8 Å². The molecule has 1 N–H and O–H groups in total. The van der Waals surface area contributed by atoms with Gasteiger partial charge in [0.1, 0.15) is 5.78 Å². The highest BCUT2D eigenvalue weighted by molar-refractivity contribution is 7.99. The van der Waals surface area contributed by atoms with Crippen molar-refractivity contribution < 1.29 is 9.90 Å². The van der Waals surface area contributed by atoms with E-state index in [2.05, 4.69) is 0 Å². The summed E-state index contributed by atoms with van der Waals surface area (Å²) >= 11 is 1.53. The molecular formula is C7H12O2S. The quantitative estimate of drug-likeness (QED) is 0.601. The van der Waals surface area contributed by atoms with Crippen LogP contribution in [-0.4, -0.2) is 29.0 Å². The average Bonchev–Trinajstić information content (AvgIpc) is 2.69. The molecule has 0 spiro atoms. The fraction of sp³-hybridized carbons (Fsp3) is 0.857. The van der Waals surface area contributed by atoms with Gasteiger partial charge in [-0.3, -0.25) is 4.79 Å². The average molecular weight is 160 g/mol. The molecule has 10 heavy (non-hydrogen) atoms. The second-order valence-corrected chi connectivity index (χ2v) is 3.62. The van der Waals surface area contributed by atoms with Gasteiger partial charge in [-0.1, -0.05) is 0 Å². The van der Waals surface area contributed by atoms with Crippen molar-refractivity contribution >= 4 is 17.5 Å². The van der Waals surface area contributed by atoms with Crippen LogP contribution in [-0.2, 0) is 4.79 Å².